The van der Waals surface area contributed by atoms with Crippen molar-refractivity contribution in [2.75, 3.05) is 26.4 Å². The molecule has 19 nitrogen and oxygen atoms in total. The van der Waals surface area contributed by atoms with Crippen LogP contribution in [-0.2, 0) is 111 Å². The van der Waals surface area contributed by atoms with E-state index in [0.29, 0.717) is 6.61 Å². The molecule has 0 aromatic heterocycles. The Labute approximate surface area is 603 Å². The lowest BCUT2D eigenvalue weighted by Gasteiger charge is -2.51. The van der Waals surface area contributed by atoms with E-state index in [0.717, 1.165) is 44.3 Å². The average molecular weight is 1420 g/mol. The molecule has 0 saturated carbocycles. The van der Waals surface area contributed by atoms with E-state index in [4.69, 9.17) is 71.1 Å². The van der Waals surface area contributed by atoms with Gasteiger partial charge in [-0.15, -0.1) is 0 Å². The fourth-order valence-corrected chi connectivity index (χ4v) is 14.3. The number of benzene rings is 8. The summed E-state index contributed by atoms with van der Waals surface area (Å²) in [6, 6.07) is 73.1. The molecule has 4 saturated heterocycles. The summed E-state index contributed by atoms with van der Waals surface area (Å²) in [6.45, 7) is 11.2. The van der Waals surface area contributed by atoms with Crippen LogP contribution in [0.15, 0.2) is 237 Å². The topological polar surface area (TPSA) is 193 Å². The molecule has 5 aliphatic heterocycles. The monoisotopic (exact) mass is 1420 g/mol. The van der Waals surface area contributed by atoms with Crippen LogP contribution in [0.1, 0.15) is 78.3 Å². The SMILES string of the molecule is CC1(C)O[C@@H]2[C@H](O1)[C@@H](N1C(=O)c3ccccc3C1=O)[C@H](O[C@@H]1[C@H](OC(=O)c3ccccc3)[C@@H](OCc3ccccc3)[C@H](O[C@H]3[C@H](OCc4ccccc4)[C@@H](OCc4ccccc4)[C@H](OCC[Si](C)(C)C)O[C@@H]3COCc3ccccc3)O[C@@H]1COCc1ccccc1)O[C@@H]2COCc1ccccc1. The lowest BCUT2D eigenvalue weighted by Crippen LogP contribution is -2.69. The molecule has 0 bridgehead atoms. The highest BCUT2D eigenvalue weighted by atomic mass is 28.3. The predicted molar refractivity (Wildman–Crippen MR) is 383 cm³/mol. The standard InChI is InChI=1S/C83H91NO18Si/c1-83(2)101-71-67(55-90-49-58-33-17-8-18-34-58)95-80(68(72(71)102-83)84-77(85)63-43-27-28-44-64(63)78(84)86)99-70-66(54-89-48-57-31-15-7-16-32-57)97-82(76(94-52-61-39-23-11-24-40-61)74(70)98-79(87)62-41-25-12-26-42-62)100-69-65(53-88-47-56-29-13-6-14-30-56)96-81(91-45-46-103(3,4)5)75(93-51-60-37-21-10-22-38-60)73(69)92-50-59-35-19-9-20-36-59/h6-44,65-76,80-82H,45-55H2,1-5H3/t65-,66-,67-,68-,69-,70+,71+,72-,73+,74+,75-,76-,80+,81-,82+/m1/s1. The van der Waals surface area contributed by atoms with Crippen molar-refractivity contribution in [3.63, 3.8) is 0 Å². The normalized spacial score (nSPS) is 26.7. The lowest BCUT2D eigenvalue weighted by molar-refractivity contribution is -0.383. The lowest BCUT2D eigenvalue weighted by atomic mass is 9.94. The van der Waals surface area contributed by atoms with Crippen LogP contribution in [0.25, 0.3) is 0 Å². The maximum absolute atomic E-state index is 15.4. The minimum Gasteiger partial charge on any atom is -0.453 e. The third kappa shape index (κ3) is 18.9. The van der Waals surface area contributed by atoms with Crippen LogP contribution < -0.4 is 0 Å². The Morgan fingerprint density at radius 1 is 0.398 bits per heavy atom. The van der Waals surface area contributed by atoms with Crippen molar-refractivity contribution in [2.45, 2.75) is 177 Å². The Kier molecular flexibility index (Phi) is 24.7. The Morgan fingerprint density at radius 3 is 1.21 bits per heavy atom. The van der Waals surface area contributed by atoms with E-state index in [2.05, 4.69) is 19.6 Å². The number of hydrogen-bond donors (Lipinski definition) is 0. The third-order valence-corrected chi connectivity index (χ3v) is 20.5. The van der Waals surface area contributed by atoms with E-state index in [9.17, 15) is 0 Å². The molecule has 0 spiro atoms. The Balaban J connectivity index is 0.949. The van der Waals surface area contributed by atoms with Crippen LogP contribution >= 0.6 is 0 Å². The van der Waals surface area contributed by atoms with Crippen LogP contribution in [-0.4, -0.2) is 155 Å². The van der Waals surface area contributed by atoms with Gasteiger partial charge in [-0.25, -0.2) is 4.79 Å². The zero-order valence-corrected chi connectivity index (χ0v) is 59.8. The molecule has 8 aromatic carbocycles. The molecule has 2 amide bonds. The van der Waals surface area contributed by atoms with E-state index in [-0.39, 0.29) is 76.2 Å². The summed E-state index contributed by atoms with van der Waals surface area (Å²) >= 11 is 0. The van der Waals surface area contributed by atoms with Gasteiger partial charge in [-0.05, 0) is 77.5 Å². The van der Waals surface area contributed by atoms with Crippen molar-refractivity contribution < 1.29 is 85.4 Å². The third-order valence-electron chi connectivity index (χ3n) is 18.8. The van der Waals surface area contributed by atoms with Gasteiger partial charge >= 0.3 is 5.97 Å². The number of amides is 2. The highest BCUT2D eigenvalue weighted by Gasteiger charge is 2.63. The molecule has 13 rings (SSSR count). The average Bonchev–Trinajstić information content (AvgIpc) is 1.62. The van der Waals surface area contributed by atoms with E-state index < -0.39 is 124 Å². The molecule has 15 atom stereocenters. The largest absolute Gasteiger partial charge is 0.453 e. The summed E-state index contributed by atoms with van der Waals surface area (Å²) in [4.78, 5) is 46.9. The number of ether oxygens (including phenoxy) is 15. The van der Waals surface area contributed by atoms with Crippen LogP contribution in [0.4, 0.5) is 0 Å². The van der Waals surface area contributed by atoms with Gasteiger partial charge < -0.3 is 71.1 Å². The molecule has 0 aliphatic carbocycles. The highest BCUT2D eigenvalue weighted by Crippen LogP contribution is 2.45. The quantitative estimate of drug-likeness (QED) is 0.0219. The van der Waals surface area contributed by atoms with Crippen molar-refractivity contribution >= 4 is 25.9 Å². The van der Waals surface area contributed by atoms with Crippen LogP contribution in [0.5, 0.6) is 0 Å². The van der Waals surface area contributed by atoms with Gasteiger partial charge in [-0.2, -0.15) is 0 Å². The highest BCUT2D eigenvalue weighted by molar-refractivity contribution is 6.76. The fourth-order valence-electron chi connectivity index (χ4n) is 13.6. The van der Waals surface area contributed by atoms with Crippen molar-refractivity contribution in [3.05, 3.63) is 287 Å². The molecule has 8 aromatic rings. The van der Waals surface area contributed by atoms with Gasteiger partial charge in [0.15, 0.2) is 30.8 Å². The first-order valence-electron chi connectivity index (χ1n) is 35.5. The summed E-state index contributed by atoms with van der Waals surface area (Å²) in [5.41, 5.74) is 5.82. The zero-order chi connectivity index (χ0) is 71.1. The molecule has 0 radical (unpaired) electrons. The Bertz CT molecular complexity index is 3920. The van der Waals surface area contributed by atoms with Crippen LogP contribution in [0, 0.1) is 0 Å². The molecular weight excluding hydrogens is 1330 g/mol. The van der Waals surface area contributed by atoms with Crippen molar-refractivity contribution in [2.24, 2.45) is 0 Å². The molecule has 5 heterocycles. The Hall–Kier alpha value is -7.97. The first-order valence-corrected chi connectivity index (χ1v) is 39.2. The van der Waals surface area contributed by atoms with Gasteiger partial charge in [0.05, 0.1) is 76.2 Å². The Morgan fingerprint density at radius 2 is 0.757 bits per heavy atom. The van der Waals surface area contributed by atoms with Gasteiger partial charge in [-0.3, -0.25) is 14.5 Å². The smallest absolute Gasteiger partial charge is 0.338 e. The van der Waals surface area contributed by atoms with E-state index >= 15 is 14.4 Å². The number of carbonyl (C=O) groups excluding carboxylic acids is 3. The van der Waals surface area contributed by atoms with Crippen molar-refractivity contribution in [1.29, 1.82) is 0 Å². The van der Waals surface area contributed by atoms with E-state index in [1.54, 1.807) is 68.4 Å². The second kappa shape index (κ2) is 34.7. The number of hydrogen-bond acceptors (Lipinski definition) is 18. The molecule has 4 fully saturated rings. The fraction of sp³-hybridized carbons (Fsp3) is 0.386. The summed E-state index contributed by atoms with van der Waals surface area (Å²) in [6.07, 6.45) is -16.8. The minimum atomic E-state index is -1.68. The zero-order valence-electron chi connectivity index (χ0n) is 58.8. The first-order chi connectivity index (χ1) is 50.2. The predicted octanol–water partition coefficient (Wildman–Crippen LogP) is 13.1. The van der Waals surface area contributed by atoms with Gasteiger partial charge in [0.2, 0.25) is 0 Å². The summed E-state index contributed by atoms with van der Waals surface area (Å²) in [5.74, 6) is -3.21. The minimum absolute atomic E-state index is 0.0345. The van der Waals surface area contributed by atoms with Crippen molar-refractivity contribution in [3.8, 4) is 0 Å². The van der Waals surface area contributed by atoms with Gasteiger partial charge in [0.1, 0.15) is 67.1 Å². The summed E-state index contributed by atoms with van der Waals surface area (Å²) in [7, 11) is -1.68. The number of fused-ring (bicyclic) bond motifs is 2. The molecule has 0 unspecified atom stereocenters. The van der Waals surface area contributed by atoms with Gasteiger partial charge in [-0.1, -0.05) is 232 Å². The second-order valence-electron chi connectivity index (χ2n) is 28.1. The first kappa shape index (κ1) is 73.3. The number of esters is 1. The van der Waals surface area contributed by atoms with Crippen molar-refractivity contribution in [1.82, 2.24) is 4.90 Å². The number of nitrogens with zero attached hydrogens (tertiary/aromatic N) is 1. The summed E-state index contributed by atoms with van der Waals surface area (Å²) < 4.78 is 107. The molecular formula is C83H91NO18Si. The molecule has 103 heavy (non-hydrogen) atoms. The van der Waals surface area contributed by atoms with E-state index in [1.165, 1.54) is 0 Å². The maximum Gasteiger partial charge on any atom is 0.338 e. The molecule has 540 valence electrons. The molecule has 0 N–H and O–H groups in total. The summed E-state index contributed by atoms with van der Waals surface area (Å²) in [5, 5.41) is 0. The number of rotatable bonds is 32. The van der Waals surface area contributed by atoms with Gasteiger partial charge in [0.25, 0.3) is 11.8 Å². The molecule has 5 aliphatic rings. The number of carbonyl (C=O) groups is 3. The molecule has 20 heteroatoms. The van der Waals surface area contributed by atoms with Gasteiger partial charge in [0, 0.05) is 14.7 Å². The maximum atomic E-state index is 15.4. The number of imide groups is 1. The van der Waals surface area contributed by atoms with E-state index in [1.807, 2.05) is 182 Å². The van der Waals surface area contributed by atoms with Crippen LogP contribution in [0.2, 0.25) is 25.7 Å². The second-order valence-corrected chi connectivity index (χ2v) is 33.7. The van der Waals surface area contributed by atoms with Crippen LogP contribution in [0.3, 0.4) is 0 Å².